The number of carbonyl (C=O) groups excluding carboxylic acids is 3. The van der Waals surface area contributed by atoms with E-state index in [2.05, 4.69) is 10.4 Å². The van der Waals surface area contributed by atoms with Gasteiger partial charge in [0.2, 0.25) is 0 Å². The van der Waals surface area contributed by atoms with Crippen LogP contribution in [0.2, 0.25) is 5.02 Å². The average molecular weight is 461 g/mol. The molecule has 31 heavy (non-hydrogen) atoms. The molecule has 4 amide bonds. The van der Waals surface area contributed by atoms with Crippen molar-refractivity contribution in [2.45, 2.75) is 24.9 Å². The molecule has 8 nitrogen and oxygen atoms in total. The van der Waals surface area contributed by atoms with Gasteiger partial charge in [0.25, 0.3) is 11.8 Å². The molecule has 1 saturated heterocycles. The highest BCUT2D eigenvalue weighted by atomic mass is 35.5. The van der Waals surface area contributed by atoms with Crippen molar-refractivity contribution in [3.63, 3.8) is 0 Å². The Hall–Kier alpha value is -2.78. The number of rotatable bonds is 7. The van der Waals surface area contributed by atoms with Gasteiger partial charge in [-0.1, -0.05) is 23.7 Å². The minimum atomic E-state index is -0.597. The minimum absolute atomic E-state index is 0.380. The van der Waals surface area contributed by atoms with Crippen molar-refractivity contribution in [1.82, 2.24) is 15.2 Å². The monoisotopic (exact) mass is 460 g/mol. The molecule has 1 aromatic heterocycles. The summed E-state index contributed by atoms with van der Waals surface area (Å²) in [5, 5.41) is 9.07. The summed E-state index contributed by atoms with van der Waals surface area (Å²) in [7, 11) is 0. The maximum Gasteiger partial charge on any atom is 0.325 e. The third kappa shape index (κ3) is 4.47. The van der Waals surface area contributed by atoms with Crippen LogP contribution in [0.25, 0.3) is 0 Å². The molecule has 3 heterocycles. The summed E-state index contributed by atoms with van der Waals surface area (Å²) >= 11 is 7.57. The number of halogens is 1. The number of hydrogen-bond acceptors (Lipinski definition) is 6. The molecule has 1 aromatic carbocycles. The van der Waals surface area contributed by atoms with Gasteiger partial charge in [0.1, 0.15) is 24.4 Å². The van der Waals surface area contributed by atoms with E-state index >= 15 is 0 Å². The average Bonchev–Trinajstić information content (AvgIpc) is 3.49. The van der Waals surface area contributed by atoms with Crippen LogP contribution in [0.3, 0.4) is 0 Å². The highest BCUT2D eigenvalue weighted by Crippen LogP contribution is 2.33. The fourth-order valence-electron chi connectivity index (χ4n) is 3.63. The Morgan fingerprint density at radius 2 is 2.06 bits per heavy atom. The third-order valence-electron chi connectivity index (χ3n) is 5.23. The lowest BCUT2D eigenvalue weighted by Crippen LogP contribution is -2.41. The number of hydrazone groups is 1. The summed E-state index contributed by atoms with van der Waals surface area (Å²) < 4.78 is 5.52. The standard InChI is InChI=1S/C21H21ClN4O4S/c1-31-10-8-15-20(28)25(21(29)23-15)12-19(27)26-17(18-3-2-9-30-18)11-16(24-26)13-4-6-14(22)7-5-13/h2-7,9,15,17H,8,10-12H2,1H3,(H,23,29)/t15-,17+/m0/s1. The summed E-state index contributed by atoms with van der Waals surface area (Å²) in [6.07, 6.45) is 4.43. The van der Waals surface area contributed by atoms with Gasteiger partial charge in [-0.25, -0.2) is 9.80 Å². The maximum atomic E-state index is 13.1. The van der Waals surface area contributed by atoms with Crippen LogP contribution in [0.1, 0.15) is 30.2 Å². The van der Waals surface area contributed by atoms with E-state index in [0.29, 0.717) is 29.3 Å². The Morgan fingerprint density at radius 3 is 2.74 bits per heavy atom. The first-order chi connectivity index (χ1) is 15.0. The van der Waals surface area contributed by atoms with Gasteiger partial charge in [-0.3, -0.25) is 14.5 Å². The first-order valence-corrected chi connectivity index (χ1v) is 11.5. The molecule has 2 aromatic rings. The lowest BCUT2D eigenvalue weighted by molar-refractivity contribution is -0.138. The van der Waals surface area contributed by atoms with E-state index < -0.39 is 24.0 Å². The Kier molecular flexibility index (Phi) is 6.33. The number of amides is 4. The van der Waals surface area contributed by atoms with Gasteiger partial charge >= 0.3 is 6.03 Å². The van der Waals surface area contributed by atoms with Crippen LogP contribution in [-0.4, -0.2) is 58.1 Å². The zero-order valence-corrected chi connectivity index (χ0v) is 18.4. The molecular weight excluding hydrogens is 440 g/mol. The van der Waals surface area contributed by atoms with Gasteiger partial charge in [-0.2, -0.15) is 16.9 Å². The van der Waals surface area contributed by atoms with Crippen LogP contribution in [0.15, 0.2) is 52.2 Å². The molecule has 0 spiro atoms. The summed E-state index contributed by atoms with van der Waals surface area (Å²) in [4.78, 5) is 39.0. The second kappa shape index (κ2) is 9.15. The number of nitrogens with one attached hydrogen (secondary N) is 1. The Bertz CT molecular complexity index is 1010. The Balaban J connectivity index is 1.54. The van der Waals surface area contributed by atoms with Crippen molar-refractivity contribution in [3.05, 3.63) is 59.0 Å². The largest absolute Gasteiger partial charge is 0.467 e. The molecule has 2 aliphatic heterocycles. The maximum absolute atomic E-state index is 13.1. The number of carbonyl (C=O) groups is 3. The van der Waals surface area contributed by atoms with E-state index in [4.69, 9.17) is 16.0 Å². The molecule has 4 rings (SSSR count). The fourth-order valence-corrected chi connectivity index (χ4v) is 4.22. The van der Waals surface area contributed by atoms with Crippen molar-refractivity contribution >= 4 is 46.9 Å². The lowest BCUT2D eigenvalue weighted by Gasteiger charge is -2.22. The van der Waals surface area contributed by atoms with E-state index in [9.17, 15) is 14.4 Å². The van der Waals surface area contributed by atoms with Crippen molar-refractivity contribution in [2.75, 3.05) is 18.6 Å². The third-order valence-corrected chi connectivity index (χ3v) is 6.12. The lowest BCUT2D eigenvalue weighted by atomic mass is 10.0. The molecule has 0 bridgehead atoms. The number of nitrogens with zero attached hydrogens (tertiary/aromatic N) is 3. The first-order valence-electron chi connectivity index (χ1n) is 9.77. The molecule has 2 atom stereocenters. The van der Waals surface area contributed by atoms with Crippen molar-refractivity contribution in [2.24, 2.45) is 5.10 Å². The van der Waals surface area contributed by atoms with Crippen LogP contribution < -0.4 is 5.32 Å². The van der Waals surface area contributed by atoms with E-state index in [0.717, 1.165) is 16.2 Å². The minimum Gasteiger partial charge on any atom is -0.467 e. The number of furan rings is 1. The Labute approximate surface area is 188 Å². The van der Waals surface area contributed by atoms with Crippen molar-refractivity contribution < 1.29 is 18.8 Å². The quantitative estimate of drug-likeness (QED) is 0.640. The smallest absolute Gasteiger partial charge is 0.325 e. The molecule has 0 aliphatic carbocycles. The fraction of sp³-hybridized carbons (Fsp3) is 0.333. The molecule has 0 radical (unpaired) electrons. The van der Waals surface area contributed by atoms with Crippen LogP contribution in [-0.2, 0) is 9.59 Å². The summed E-state index contributed by atoms with van der Waals surface area (Å²) in [6, 6.07) is 9.09. The normalized spacial score (nSPS) is 20.9. The SMILES string of the molecule is CSCC[C@@H]1NC(=O)N(CC(=O)N2N=C(c3ccc(Cl)cc3)C[C@@H]2c2ccco2)C1=O. The second-order valence-electron chi connectivity index (χ2n) is 7.24. The number of hydrogen-bond donors (Lipinski definition) is 1. The van der Waals surface area contributed by atoms with Crippen LogP contribution in [0, 0.1) is 0 Å². The van der Waals surface area contributed by atoms with Gasteiger partial charge in [-0.05, 0) is 48.3 Å². The van der Waals surface area contributed by atoms with Gasteiger partial charge in [-0.15, -0.1) is 0 Å². The molecular formula is C21H21ClN4O4S. The number of urea groups is 1. The van der Waals surface area contributed by atoms with Gasteiger partial charge in [0, 0.05) is 11.4 Å². The molecule has 10 heteroatoms. The number of benzene rings is 1. The summed E-state index contributed by atoms with van der Waals surface area (Å²) in [6.45, 7) is -0.380. The first kappa shape index (κ1) is 21.5. The summed E-state index contributed by atoms with van der Waals surface area (Å²) in [5.41, 5.74) is 1.53. The highest BCUT2D eigenvalue weighted by molar-refractivity contribution is 7.98. The predicted octanol–water partition coefficient (Wildman–Crippen LogP) is 3.28. The predicted molar refractivity (Wildman–Crippen MR) is 118 cm³/mol. The molecule has 1 N–H and O–H groups in total. The van der Waals surface area contributed by atoms with Crippen molar-refractivity contribution in [3.8, 4) is 0 Å². The van der Waals surface area contributed by atoms with Gasteiger partial charge < -0.3 is 9.73 Å². The molecule has 1 fully saturated rings. The highest BCUT2D eigenvalue weighted by Gasteiger charge is 2.41. The molecule has 0 saturated carbocycles. The molecule has 2 aliphatic rings. The van der Waals surface area contributed by atoms with E-state index in [1.165, 1.54) is 11.3 Å². The second-order valence-corrected chi connectivity index (χ2v) is 8.66. The van der Waals surface area contributed by atoms with Crippen LogP contribution in [0.5, 0.6) is 0 Å². The topological polar surface area (TPSA) is 95.2 Å². The Morgan fingerprint density at radius 1 is 1.29 bits per heavy atom. The van der Waals surface area contributed by atoms with E-state index in [-0.39, 0.29) is 12.5 Å². The molecule has 0 unspecified atom stereocenters. The van der Waals surface area contributed by atoms with Crippen LogP contribution >= 0.6 is 23.4 Å². The van der Waals surface area contributed by atoms with Crippen molar-refractivity contribution in [1.29, 1.82) is 0 Å². The van der Waals surface area contributed by atoms with Gasteiger partial charge in [0.05, 0.1) is 12.0 Å². The zero-order chi connectivity index (χ0) is 22.0. The number of imide groups is 1. The van der Waals surface area contributed by atoms with E-state index in [1.54, 1.807) is 36.0 Å². The summed E-state index contributed by atoms with van der Waals surface area (Å²) in [5.74, 6) is 0.471. The van der Waals surface area contributed by atoms with Crippen LogP contribution in [0.4, 0.5) is 4.79 Å². The van der Waals surface area contributed by atoms with Gasteiger partial charge in [0.15, 0.2) is 0 Å². The zero-order valence-electron chi connectivity index (χ0n) is 16.8. The number of thioether (sulfide) groups is 1. The molecule has 162 valence electrons. The van der Waals surface area contributed by atoms with E-state index in [1.807, 2.05) is 18.4 Å².